The van der Waals surface area contributed by atoms with E-state index in [0.717, 1.165) is 36.5 Å². The van der Waals surface area contributed by atoms with E-state index in [4.69, 9.17) is 11.6 Å². The molecule has 98 valence electrons. The molecule has 2 rings (SSSR count). The van der Waals surface area contributed by atoms with E-state index >= 15 is 0 Å². The first-order valence-electron chi connectivity index (χ1n) is 6.46. The molecule has 1 amide bonds. The Labute approximate surface area is 113 Å². The molecular weight excluding hydrogens is 248 g/mol. The van der Waals surface area contributed by atoms with Gasteiger partial charge in [0.15, 0.2) is 0 Å². The van der Waals surface area contributed by atoms with Crippen LogP contribution >= 0.6 is 11.6 Å². The summed E-state index contributed by atoms with van der Waals surface area (Å²) >= 11 is 5.91. The van der Waals surface area contributed by atoms with Crippen molar-refractivity contribution < 1.29 is 4.79 Å². The minimum atomic E-state index is 0.158. The van der Waals surface area contributed by atoms with E-state index in [1.807, 2.05) is 24.3 Å². The lowest BCUT2D eigenvalue weighted by molar-refractivity contribution is -0.121. The van der Waals surface area contributed by atoms with Crippen molar-refractivity contribution in [1.29, 1.82) is 0 Å². The Morgan fingerprint density at radius 2 is 2.39 bits per heavy atom. The van der Waals surface area contributed by atoms with Crippen LogP contribution in [-0.2, 0) is 11.2 Å². The summed E-state index contributed by atoms with van der Waals surface area (Å²) < 4.78 is 0. The molecule has 1 aromatic rings. The molecule has 0 radical (unpaired) electrons. The maximum Gasteiger partial charge on any atom is 0.220 e. The molecule has 0 spiro atoms. The van der Waals surface area contributed by atoms with Gasteiger partial charge < -0.3 is 10.6 Å². The van der Waals surface area contributed by atoms with Crippen LogP contribution in [0, 0.1) is 5.92 Å². The number of halogens is 1. The molecule has 3 nitrogen and oxygen atoms in total. The van der Waals surface area contributed by atoms with Crippen LogP contribution < -0.4 is 10.6 Å². The molecule has 1 atom stereocenters. The van der Waals surface area contributed by atoms with Gasteiger partial charge in [0.25, 0.3) is 0 Å². The summed E-state index contributed by atoms with van der Waals surface area (Å²) in [6.07, 6.45) is 2.58. The van der Waals surface area contributed by atoms with E-state index < -0.39 is 0 Å². The molecule has 1 aromatic carbocycles. The van der Waals surface area contributed by atoms with Crippen LogP contribution in [0.4, 0.5) is 0 Å². The molecule has 4 heteroatoms. The maximum absolute atomic E-state index is 11.7. The number of carbonyl (C=O) groups is 1. The summed E-state index contributed by atoms with van der Waals surface area (Å²) in [5.41, 5.74) is 1.16. The smallest absolute Gasteiger partial charge is 0.220 e. The van der Waals surface area contributed by atoms with Crippen molar-refractivity contribution in [2.24, 2.45) is 5.92 Å². The highest BCUT2D eigenvalue weighted by Crippen LogP contribution is 2.12. The number of hydrogen-bond acceptors (Lipinski definition) is 2. The lowest BCUT2D eigenvalue weighted by atomic mass is 10.0. The first-order valence-corrected chi connectivity index (χ1v) is 6.83. The van der Waals surface area contributed by atoms with E-state index in [-0.39, 0.29) is 5.91 Å². The van der Waals surface area contributed by atoms with Crippen LogP contribution in [0.3, 0.4) is 0 Å². The standard InChI is InChI=1S/C14H19ClN2O/c15-13-3-1-2-11(8-13)5-7-17-14(18)9-12-4-6-16-10-12/h1-3,8,12,16H,4-7,9-10H2,(H,17,18). The van der Waals surface area contributed by atoms with Gasteiger partial charge >= 0.3 is 0 Å². The van der Waals surface area contributed by atoms with Gasteiger partial charge in [0.1, 0.15) is 0 Å². The number of hydrogen-bond donors (Lipinski definition) is 2. The minimum absolute atomic E-state index is 0.158. The molecule has 0 saturated carbocycles. The van der Waals surface area contributed by atoms with E-state index in [9.17, 15) is 4.79 Å². The van der Waals surface area contributed by atoms with Gasteiger partial charge in [0.05, 0.1) is 0 Å². The van der Waals surface area contributed by atoms with Crippen molar-refractivity contribution in [2.75, 3.05) is 19.6 Å². The molecular formula is C14H19ClN2O. The minimum Gasteiger partial charge on any atom is -0.356 e. The third-order valence-electron chi connectivity index (χ3n) is 3.26. The average molecular weight is 267 g/mol. The maximum atomic E-state index is 11.7. The van der Waals surface area contributed by atoms with Gasteiger partial charge in [-0.15, -0.1) is 0 Å². The van der Waals surface area contributed by atoms with Crippen LogP contribution in [0.5, 0.6) is 0 Å². The quantitative estimate of drug-likeness (QED) is 0.856. The monoisotopic (exact) mass is 266 g/mol. The molecule has 18 heavy (non-hydrogen) atoms. The highest BCUT2D eigenvalue weighted by molar-refractivity contribution is 6.30. The topological polar surface area (TPSA) is 41.1 Å². The third-order valence-corrected chi connectivity index (χ3v) is 3.50. The van der Waals surface area contributed by atoms with Crippen LogP contribution in [0.25, 0.3) is 0 Å². The summed E-state index contributed by atoms with van der Waals surface area (Å²) in [5.74, 6) is 0.668. The lowest BCUT2D eigenvalue weighted by Crippen LogP contribution is -2.28. The predicted molar refractivity (Wildman–Crippen MR) is 73.8 cm³/mol. The summed E-state index contributed by atoms with van der Waals surface area (Å²) in [4.78, 5) is 11.7. The molecule has 1 fully saturated rings. The van der Waals surface area contributed by atoms with Crippen molar-refractivity contribution in [3.63, 3.8) is 0 Å². The second-order valence-electron chi connectivity index (χ2n) is 4.79. The highest BCUT2D eigenvalue weighted by atomic mass is 35.5. The summed E-state index contributed by atoms with van der Waals surface area (Å²) in [6.45, 7) is 2.70. The zero-order valence-electron chi connectivity index (χ0n) is 10.4. The van der Waals surface area contributed by atoms with E-state index in [0.29, 0.717) is 18.9 Å². The zero-order valence-corrected chi connectivity index (χ0v) is 11.2. The summed E-state index contributed by atoms with van der Waals surface area (Å²) in [7, 11) is 0. The van der Waals surface area contributed by atoms with Crippen LogP contribution in [0.2, 0.25) is 5.02 Å². The molecule has 0 aromatic heterocycles. The fraction of sp³-hybridized carbons (Fsp3) is 0.500. The number of nitrogens with one attached hydrogen (secondary N) is 2. The number of benzene rings is 1. The molecule has 0 aliphatic carbocycles. The van der Waals surface area contributed by atoms with Gasteiger partial charge in [-0.3, -0.25) is 4.79 Å². The molecule has 1 unspecified atom stereocenters. The Kier molecular flexibility index (Phi) is 5.02. The molecule has 2 N–H and O–H groups in total. The Bertz CT molecular complexity index is 403. The Morgan fingerprint density at radius 3 is 3.11 bits per heavy atom. The Hall–Kier alpha value is -1.06. The Balaban J connectivity index is 1.66. The van der Waals surface area contributed by atoms with Crippen LogP contribution in [0.15, 0.2) is 24.3 Å². The van der Waals surface area contributed by atoms with E-state index in [2.05, 4.69) is 10.6 Å². The molecule has 1 saturated heterocycles. The zero-order chi connectivity index (χ0) is 12.8. The van der Waals surface area contributed by atoms with Gasteiger partial charge in [-0.1, -0.05) is 23.7 Å². The van der Waals surface area contributed by atoms with Crippen LogP contribution in [0.1, 0.15) is 18.4 Å². The van der Waals surface area contributed by atoms with Gasteiger partial charge in [0, 0.05) is 18.0 Å². The van der Waals surface area contributed by atoms with Gasteiger partial charge in [-0.2, -0.15) is 0 Å². The second-order valence-corrected chi connectivity index (χ2v) is 5.23. The molecule has 0 bridgehead atoms. The fourth-order valence-corrected chi connectivity index (χ4v) is 2.47. The number of amides is 1. The molecule has 1 aliphatic heterocycles. The molecule has 1 heterocycles. The Morgan fingerprint density at radius 1 is 1.50 bits per heavy atom. The summed E-state index contributed by atoms with van der Waals surface area (Å²) in [6, 6.07) is 7.76. The number of carbonyl (C=O) groups excluding carboxylic acids is 1. The van der Waals surface area contributed by atoms with Gasteiger partial charge in [-0.25, -0.2) is 0 Å². The van der Waals surface area contributed by atoms with Gasteiger partial charge in [-0.05, 0) is 49.5 Å². The van der Waals surface area contributed by atoms with Crippen molar-refractivity contribution in [3.8, 4) is 0 Å². The van der Waals surface area contributed by atoms with Crippen LogP contribution in [-0.4, -0.2) is 25.5 Å². The first-order chi connectivity index (χ1) is 8.74. The fourth-order valence-electron chi connectivity index (χ4n) is 2.26. The van der Waals surface area contributed by atoms with Crippen molar-refractivity contribution in [2.45, 2.75) is 19.3 Å². The highest BCUT2D eigenvalue weighted by Gasteiger charge is 2.17. The van der Waals surface area contributed by atoms with E-state index in [1.54, 1.807) is 0 Å². The summed E-state index contributed by atoms with van der Waals surface area (Å²) in [5, 5.41) is 6.99. The normalized spacial score (nSPS) is 18.8. The van der Waals surface area contributed by atoms with E-state index in [1.165, 1.54) is 0 Å². The third kappa shape index (κ3) is 4.31. The molecule has 1 aliphatic rings. The average Bonchev–Trinajstić information content (AvgIpc) is 2.82. The van der Waals surface area contributed by atoms with Crippen molar-refractivity contribution in [3.05, 3.63) is 34.9 Å². The second kappa shape index (κ2) is 6.76. The largest absolute Gasteiger partial charge is 0.356 e. The van der Waals surface area contributed by atoms with Crippen molar-refractivity contribution in [1.82, 2.24) is 10.6 Å². The predicted octanol–water partition coefficient (Wildman–Crippen LogP) is 2.00. The first kappa shape index (κ1) is 13.4. The van der Waals surface area contributed by atoms with Gasteiger partial charge in [0.2, 0.25) is 5.91 Å². The lowest BCUT2D eigenvalue weighted by Gasteiger charge is -2.09. The number of rotatable bonds is 5. The van der Waals surface area contributed by atoms with Crippen molar-refractivity contribution >= 4 is 17.5 Å². The SMILES string of the molecule is O=C(CC1CCNC1)NCCc1cccc(Cl)c1.